The molecule has 1 aromatic carbocycles. The molecule has 1 aromatic rings. The molecule has 0 saturated heterocycles. The first kappa shape index (κ1) is 9.71. The Balaban J connectivity index is 2.72. The molecule has 0 aliphatic carbocycles. The summed E-state index contributed by atoms with van der Waals surface area (Å²) in [6, 6.07) is 9.36. The van der Waals surface area contributed by atoms with E-state index in [2.05, 4.69) is 17.9 Å². The molecule has 64 valence electrons. The van der Waals surface area contributed by atoms with Gasteiger partial charge in [-0.05, 0) is 30.5 Å². The monoisotopic (exact) mass is 187 g/mol. The zero-order valence-corrected chi connectivity index (χ0v) is 8.19. The van der Waals surface area contributed by atoms with Crippen LogP contribution in [0.1, 0.15) is 11.1 Å². The van der Waals surface area contributed by atoms with Crippen LogP contribution < -0.4 is 0 Å². The van der Waals surface area contributed by atoms with E-state index in [0.29, 0.717) is 5.56 Å². The molecule has 0 unspecified atom stereocenters. The Morgan fingerprint density at radius 3 is 2.38 bits per heavy atom. The topological polar surface area (TPSA) is 23.8 Å². The maximum absolute atomic E-state index is 8.55. The summed E-state index contributed by atoms with van der Waals surface area (Å²) in [5.74, 6) is 6.88. The molecule has 0 N–H and O–H groups in total. The van der Waals surface area contributed by atoms with E-state index in [-0.39, 0.29) is 0 Å². The molecule has 0 bridgehead atoms. The summed E-state index contributed by atoms with van der Waals surface area (Å²) in [4.78, 5) is 0. The van der Waals surface area contributed by atoms with Gasteiger partial charge in [0, 0.05) is 5.56 Å². The third-order valence-electron chi connectivity index (χ3n) is 1.46. The van der Waals surface area contributed by atoms with Crippen molar-refractivity contribution < 1.29 is 0 Å². The van der Waals surface area contributed by atoms with Gasteiger partial charge in [0.2, 0.25) is 0 Å². The lowest BCUT2D eigenvalue weighted by molar-refractivity contribution is 1.48. The number of nitriles is 1. The van der Waals surface area contributed by atoms with Gasteiger partial charge in [-0.15, -0.1) is 0 Å². The van der Waals surface area contributed by atoms with Crippen molar-refractivity contribution in [3.8, 4) is 17.9 Å². The van der Waals surface area contributed by atoms with E-state index < -0.39 is 0 Å². The normalized spacial score (nSPS) is 8.31. The molecule has 1 nitrogen and oxygen atoms in total. The van der Waals surface area contributed by atoms with Crippen LogP contribution >= 0.6 is 11.8 Å². The van der Waals surface area contributed by atoms with E-state index in [1.165, 1.54) is 0 Å². The predicted molar refractivity (Wildman–Crippen MR) is 56.4 cm³/mol. The fourth-order valence-corrected chi connectivity index (χ4v) is 1.05. The highest BCUT2D eigenvalue weighted by Gasteiger charge is 1.88. The molecule has 0 radical (unpaired) electrons. The Hall–Kier alpha value is -1.38. The molecule has 0 atom stereocenters. The van der Waals surface area contributed by atoms with Crippen LogP contribution in [0.15, 0.2) is 24.3 Å². The molecule has 0 spiro atoms. The summed E-state index contributed by atoms with van der Waals surface area (Å²) in [6.45, 7) is 0. The molecule has 0 heterocycles. The quantitative estimate of drug-likeness (QED) is 0.630. The summed E-state index contributed by atoms with van der Waals surface area (Å²) in [5, 5.41) is 8.55. The van der Waals surface area contributed by atoms with Crippen molar-refractivity contribution in [3.05, 3.63) is 35.4 Å². The minimum absolute atomic E-state index is 0.676. The van der Waals surface area contributed by atoms with Gasteiger partial charge in [-0.3, -0.25) is 0 Å². The van der Waals surface area contributed by atoms with Gasteiger partial charge in [0.1, 0.15) is 0 Å². The van der Waals surface area contributed by atoms with Crippen LogP contribution in [-0.4, -0.2) is 12.0 Å². The number of nitrogens with zero attached hydrogens (tertiary/aromatic N) is 1. The van der Waals surface area contributed by atoms with Crippen LogP contribution in [-0.2, 0) is 0 Å². The van der Waals surface area contributed by atoms with Gasteiger partial charge in [0.15, 0.2) is 0 Å². The molecule has 0 amide bonds. The first-order chi connectivity index (χ1) is 6.36. The smallest absolute Gasteiger partial charge is 0.0991 e. The fourth-order valence-electron chi connectivity index (χ4n) is 0.838. The number of hydrogen-bond donors (Lipinski definition) is 0. The molecule has 0 aromatic heterocycles. The second kappa shape index (κ2) is 5.30. The number of rotatable bonds is 1. The third kappa shape index (κ3) is 3.23. The van der Waals surface area contributed by atoms with E-state index in [1.807, 2.05) is 18.4 Å². The lowest BCUT2D eigenvalue weighted by atomic mass is 10.1. The van der Waals surface area contributed by atoms with Crippen LogP contribution in [0.2, 0.25) is 0 Å². The fraction of sp³-hybridized carbons (Fsp3) is 0.182. The molecule has 0 fully saturated rings. The van der Waals surface area contributed by atoms with Crippen molar-refractivity contribution in [1.82, 2.24) is 0 Å². The highest BCUT2D eigenvalue weighted by atomic mass is 32.2. The molecule has 1 rings (SSSR count). The lowest BCUT2D eigenvalue weighted by Gasteiger charge is -1.89. The Kier molecular flexibility index (Phi) is 3.96. The number of hydrogen-bond acceptors (Lipinski definition) is 2. The maximum Gasteiger partial charge on any atom is 0.0991 e. The Labute approximate surface area is 82.8 Å². The largest absolute Gasteiger partial charge is 0.192 e. The second-order valence-electron chi connectivity index (χ2n) is 2.42. The maximum atomic E-state index is 8.55. The van der Waals surface area contributed by atoms with E-state index in [0.717, 1.165) is 11.3 Å². The number of thioether (sulfide) groups is 1. The standard InChI is InChI=1S/C11H9NS/c1-13-8-2-3-10-4-6-11(9-12)7-5-10/h4-7H,8H2,1H3. The number of benzene rings is 1. The molecule has 13 heavy (non-hydrogen) atoms. The average Bonchev–Trinajstić information content (AvgIpc) is 2.19. The highest BCUT2D eigenvalue weighted by molar-refractivity contribution is 7.98. The van der Waals surface area contributed by atoms with Gasteiger partial charge in [0.05, 0.1) is 17.4 Å². The molecule has 0 aliphatic heterocycles. The first-order valence-electron chi connectivity index (χ1n) is 3.85. The van der Waals surface area contributed by atoms with Gasteiger partial charge >= 0.3 is 0 Å². The zero-order valence-electron chi connectivity index (χ0n) is 7.37. The van der Waals surface area contributed by atoms with Crippen LogP contribution in [0.5, 0.6) is 0 Å². The molecular formula is C11H9NS. The predicted octanol–water partition coefficient (Wildman–Crippen LogP) is 2.27. The van der Waals surface area contributed by atoms with E-state index in [4.69, 9.17) is 5.26 Å². The first-order valence-corrected chi connectivity index (χ1v) is 5.24. The van der Waals surface area contributed by atoms with E-state index >= 15 is 0 Å². The third-order valence-corrected chi connectivity index (χ3v) is 1.90. The minimum Gasteiger partial charge on any atom is -0.192 e. The molecular weight excluding hydrogens is 178 g/mol. The summed E-state index contributed by atoms with van der Waals surface area (Å²) in [5.41, 5.74) is 1.64. The lowest BCUT2D eigenvalue weighted by Crippen LogP contribution is -1.76. The summed E-state index contributed by atoms with van der Waals surface area (Å²) in [6.07, 6.45) is 2.02. The van der Waals surface area contributed by atoms with Gasteiger partial charge < -0.3 is 0 Å². The van der Waals surface area contributed by atoms with Crippen molar-refractivity contribution >= 4 is 11.8 Å². The van der Waals surface area contributed by atoms with Crippen LogP contribution in [0.25, 0.3) is 0 Å². The van der Waals surface area contributed by atoms with Crippen molar-refractivity contribution in [2.24, 2.45) is 0 Å². The Morgan fingerprint density at radius 1 is 1.23 bits per heavy atom. The van der Waals surface area contributed by atoms with Gasteiger partial charge in [-0.1, -0.05) is 11.8 Å². The molecule has 0 saturated carbocycles. The van der Waals surface area contributed by atoms with Gasteiger partial charge in [-0.2, -0.15) is 17.0 Å². The van der Waals surface area contributed by atoms with Crippen LogP contribution in [0, 0.1) is 23.2 Å². The highest BCUT2D eigenvalue weighted by Crippen LogP contribution is 2.01. The summed E-state index contributed by atoms with van der Waals surface area (Å²) >= 11 is 1.70. The second-order valence-corrected chi connectivity index (χ2v) is 3.29. The van der Waals surface area contributed by atoms with E-state index in [9.17, 15) is 0 Å². The Bertz CT molecular complexity index is 362. The van der Waals surface area contributed by atoms with Crippen molar-refractivity contribution in [2.75, 3.05) is 12.0 Å². The summed E-state index contributed by atoms with van der Waals surface area (Å²) in [7, 11) is 0. The molecule has 2 heteroatoms. The van der Waals surface area contributed by atoms with Crippen molar-refractivity contribution in [1.29, 1.82) is 5.26 Å². The minimum atomic E-state index is 0.676. The SMILES string of the molecule is CSCC#Cc1ccc(C#N)cc1. The molecule has 0 aliphatic rings. The zero-order chi connectivity index (χ0) is 9.52. The summed E-state index contributed by atoms with van der Waals surface area (Å²) < 4.78 is 0. The van der Waals surface area contributed by atoms with Crippen LogP contribution in [0.3, 0.4) is 0 Å². The van der Waals surface area contributed by atoms with Gasteiger partial charge in [0.25, 0.3) is 0 Å². The van der Waals surface area contributed by atoms with Crippen molar-refractivity contribution in [2.45, 2.75) is 0 Å². The average molecular weight is 187 g/mol. The van der Waals surface area contributed by atoms with Crippen molar-refractivity contribution in [3.63, 3.8) is 0 Å². The van der Waals surface area contributed by atoms with Gasteiger partial charge in [-0.25, -0.2) is 0 Å². The van der Waals surface area contributed by atoms with E-state index in [1.54, 1.807) is 23.9 Å². The van der Waals surface area contributed by atoms with Crippen LogP contribution in [0.4, 0.5) is 0 Å². The Morgan fingerprint density at radius 2 is 1.85 bits per heavy atom.